The van der Waals surface area contributed by atoms with Crippen molar-refractivity contribution < 1.29 is 14.1 Å². The standard InChI is InChI=1S/C15H11FN2O3/c1-10-6-14(18(19)20)4-5-15(10)21-9-12-7-13(16)3-2-11(12)8-17/h2-7H,9H2,1H3. The second kappa shape index (κ2) is 6.01. The molecular formula is C15H11FN2O3. The van der Waals surface area contributed by atoms with Crippen LogP contribution in [0.4, 0.5) is 10.1 Å². The predicted octanol–water partition coefficient (Wildman–Crippen LogP) is 3.49. The van der Waals surface area contributed by atoms with Crippen LogP contribution in [0.1, 0.15) is 16.7 Å². The number of nitro benzene ring substituents is 1. The number of rotatable bonds is 4. The Morgan fingerprint density at radius 3 is 2.71 bits per heavy atom. The Morgan fingerprint density at radius 1 is 1.33 bits per heavy atom. The fourth-order valence-electron chi connectivity index (χ4n) is 1.86. The van der Waals surface area contributed by atoms with Crippen molar-refractivity contribution >= 4 is 5.69 Å². The van der Waals surface area contributed by atoms with E-state index < -0.39 is 10.7 Å². The first-order valence-electron chi connectivity index (χ1n) is 6.07. The summed E-state index contributed by atoms with van der Waals surface area (Å²) in [6.07, 6.45) is 0. The molecule has 2 aromatic rings. The molecule has 0 atom stereocenters. The number of ether oxygens (including phenoxy) is 1. The summed E-state index contributed by atoms with van der Waals surface area (Å²) in [5.74, 6) is 0.00164. The van der Waals surface area contributed by atoms with E-state index in [1.54, 1.807) is 6.92 Å². The van der Waals surface area contributed by atoms with Gasteiger partial charge in [0.2, 0.25) is 0 Å². The molecule has 106 valence electrons. The van der Waals surface area contributed by atoms with Crippen molar-refractivity contribution in [1.29, 1.82) is 5.26 Å². The van der Waals surface area contributed by atoms with Crippen molar-refractivity contribution in [3.05, 3.63) is 69.0 Å². The average molecular weight is 286 g/mol. The maximum Gasteiger partial charge on any atom is 0.269 e. The molecule has 0 aliphatic heterocycles. The summed E-state index contributed by atoms with van der Waals surface area (Å²) in [6, 6.07) is 10.0. The molecular weight excluding hydrogens is 275 g/mol. The number of hydrogen-bond acceptors (Lipinski definition) is 4. The first-order valence-corrected chi connectivity index (χ1v) is 6.07. The number of aryl methyl sites for hydroxylation is 1. The highest BCUT2D eigenvalue weighted by atomic mass is 19.1. The van der Waals surface area contributed by atoms with Crippen molar-refractivity contribution in [2.24, 2.45) is 0 Å². The minimum absolute atomic E-state index is 0.0132. The molecule has 0 bridgehead atoms. The van der Waals surface area contributed by atoms with Crippen molar-refractivity contribution in [1.82, 2.24) is 0 Å². The molecule has 0 radical (unpaired) electrons. The van der Waals surface area contributed by atoms with Crippen LogP contribution in [0, 0.1) is 34.2 Å². The second-order valence-electron chi connectivity index (χ2n) is 4.41. The van der Waals surface area contributed by atoms with Gasteiger partial charge in [-0.1, -0.05) is 0 Å². The maximum atomic E-state index is 13.2. The van der Waals surface area contributed by atoms with Crippen LogP contribution in [0.2, 0.25) is 0 Å². The van der Waals surface area contributed by atoms with E-state index in [1.165, 1.54) is 36.4 Å². The monoisotopic (exact) mass is 286 g/mol. The van der Waals surface area contributed by atoms with Gasteiger partial charge in [0.1, 0.15) is 18.2 Å². The summed E-state index contributed by atoms with van der Waals surface area (Å²) in [5, 5.41) is 19.6. The van der Waals surface area contributed by atoms with Crippen LogP contribution >= 0.6 is 0 Å². The first kappa shape index (κ1) is 14.5. The fourth-order valence-corrected chi connectivity index (χ4v) is 1.86. The van der Waals surface area contributed by atoms with Crippen LogP contribution in [0.3, 0.4) is 0 Å². The van der Waals surface area contributed by atoms with Crippen LogP contribution in [0.25, 0.3) is 0 Å². The predicted molar refractivity (Wildman–Crippen MR) is 73.3 cm³/mol. The zero-order valence-electron chi connectivity index (χ0n) is 11.2. The van der Waals surface area contributed by atoms with Gasteiger partial charge in [0.25, 0.3) is 5.69 Å². The molecule has 21 heavy (non-hydrogen) atoms. The van der Waals surface area contributed by atoms with E-state index in [0.717, 1.165) is 0 Å². The van der Waals surface area contributed by atoms with Gasteiger partial charge in [0, 0.05) is 17.7 Å². The molecule has 0 saturated carbocycles. The van der Waals surface area contributed by atoms with Gasteiger partial charge in [-0.15, -0.1) is 0 Å². The van der Waals surface area contributed by atoms with E-state index in [2.05, 4.69) is 0 Å². The summed E-state index contributed by atoms with van der Waals surface area (Å²) < 4.78 is 18.7. The summed E-state index contributed by atoms with van der Waals surface area (Å²) >= 11 is 0. The van der Waals surface area contributed by atoms with E-state index in [4.69, 9.17) is 10.00 Å². The van der Waals surface area contributed by atoms with E-state index in [1.807, 2.05) is 6.07 Å². The Bertz CT molecular complexity index is 738. The molecule has 0 unspecified atom stereocenters. The second-order valence-corrected chi connectivity index (χ2v) is 4.41. The number of nitriles is 1. The number of halogens is 1. The molecule has 2 rings (SSSR count). The molecule has 0 N–H and O–H groups in total. The van der Waals surface area contributed by atoms with E-state index >= 15 is 0 Å². The number of nitro groups is 1. The highest BCUT2D eigenvalue weighted by molar-refractivity contribution is 5.43. The molecule has 0 heterocycles. The van der Waals surface area contributed by atoms with Crippen LogP contribution in [-0.4, -0.2) is 4.92 Å². The highest BCUT2D eigenvalue weighted by Crippen LogP contribution is 2.24. The quantitative estimate of drug-likeness (QED) is 0.636. The lowest BCUT2D eigenvalue weighted by Gasteiger charge is -2.10. The molecule has 0 spiro atoms. The minimum Gasteiger partial charge on any atom is -0.489 e. The Morgan fingerprint density at radius 2 is 2.10 bits per heavy atom. The smallest absolute Gasteiger partial charge is 0.269 e. The lowest BCUT2D eigenvalue weighted by atomic mass is 10.1. The highest BCUT2D eigenvalue weighted by Gasteiger charge is 2.10. The third kappa shape index (κ3) is 3.34. The summed E-state index contributed by atoms with van der Waals surface area (Å²) in [6.45, 7) is 1.69. The molecule has 0 aliphatic rings. The van der Waals surface area contributed by atoms with E-state index in [9.17, 15) is 14.5 Å². The van der Waals surface area contributed by atoms with Gasteiger partial charge < -0.3 is 4.74 Å². The van der Waals surface area contributed by atoms with Crippen LogP contribution in [0.5, 0.6) is 5.75 Å². The molecule has 5 nitrogen and oxygen atoms in total. The number of hydrogen-bond donors (Lipinski definition) is 0. The maximum absolute atomic E-state index is 13.2. The van der Waals surface area contributed by atoms with Gasteiger partial charge in [-0.25, -0.2) is 4.39 Å². The number of benzene rings is 2. The average Bonchev–Trinajstić information content (AvgIpc) is 2.46. The van der Waals surface area contributed by atoms with Crippen molar-refractivity contribution in [3.8, 4) is 11.8 Å². The Hall–Kier alpha value is -2.94. The lowest BCUT2D eigenvalue weighted by molar-refractivity contribution is -0.384. The van der Waals surface area contributed by atoms with Crippen LogP contribution in [-0.2, 0) is 6.61 Å². The van der Waals surface area contributed by atoms with Gasteiger partial charge in [-0.2, -0.15) is 5.26 Å². The van der Waals surface area contributed by atoms with Crippen molar-refractivity contribution in [2.75, 3.05) is 0 Å². The van der Waals surface area contributed by atoms with Gasteiger partial charge in [0.15, 0.2) is 0 Å². The SMILES string of the molecule is Cc1cc([N+](=O)[O-])ccc1OCc1cc(F)ccc1C#N. The van der Waals surface area contributed by atoms with Gasteiger partial charge in [-0.05, 0) is 36.8 Å². The fraction of sp³-hybridized carbons (Fsp3) is 0.133. The zero-order valence-corrected chi connectivity index (χ0v) is 11.2. The molecule has 0 amide bonds. The lowest BCUT2D eigenvalue weighted by Crippen LogP contribution is -2.01. The topological polar surface area (TPSA) is 76.2 Å². The zero-order chi connectivity index (χ0) is 15.4. The molecule has 0 saturated heterocycles. The van der Waals surface area contributed by atoms with E-state index in [-0.39, 0.29) is 12.3 Å². The largest absolute Gasteiger partial charge is 0.489 e. The Labute approximate surface area is 120 Å². The van der Waals surface area contributed by atoms with Gasteiger partial charge in [0.05, 0.1) is 16.6 Å². The number of nitrogens with zero attached hydrogens (tertiary/aromatic N) is 2. The molecule has 0 aliphatic carbocycles. The molecule has 0 aromatic heterocycles. The molecule has 2 aromatic carbocycles. The normalized spacial score (nSPS) is 9.95. The van der Waals surface area contributed by atoms with Crippen LogP contribution < -0.4 is 4.74 Å². The van der Waals surface area contributed by atoms with Crippen molar-refractivity contribution in [2.45, 2.75) is 13.5 Å². The van der Waals surface area contributed by atoms with Crippen LogP contribution in [0.15, 0.2) is 36.4 Å². The Kier molecular flexibility index (Phi) is 4.14. The third-order valence-electron chi connectivity index (χ3n) is 2.94. The van der Waals surface area contributed by atoms with Gasteiger partial charge in [-0.3, -0.25) is 10.1 Å². The third-order valence-corrected chi connectivity index (χ3v) is 2.94. The van der Waals surface area contributed by atoms with Crippen molar-refractivity contribution in [3.63, 3.8) is 0 Å². The summed E-state index contributed by atoms with van der Waals surface area (Å²) in [7, 11) is 0. The first-order chi connectivity index (χ1) is 10.0. The number of non-ortho nitro benzene ring substituents is 1. The Balaban J connectivity index is 2.19. The van der Waals surface area contributed by atoms with Gasteiger partial charge >= 0.3 is 0 Å². The minimum atomic E-state index is -0.489. The summed E-state index contributed by atoms with van der Waals surface area (Å²) in [5.41, 5.74) is 1.33. The summed E-state index contributed by atoms with van der Waals surface area (Å²) in [4.78, 5) is 10.2. The molecule has 0 fully saturated rings. The van der Waals surface area contributed by atoms with E-state index in [0.29, 0.717) is 22.4 Å². The molecule has 6 heteroatoms.